The average molecular weight is 251 g/mol. The van der Waals surface area contributed by atoms with Gasteiger partial charge in [0.1, 0.15) is 0 Å². The highest BCUT2D eigenvalue weighted by molar-refractivity contribution is 6.02. The first-order chi connectivity index (χ1) is 8.51. The predicted octanol–water partition coefficient (Wildman–Crippen LogP) is 1.30. The lowest BCUT2D eigenvalue weighted by atomic mass is 10.1. The predicted molar refractivity (Wildman–Crippen MR) is 73.3 cm³/mol. The number of aliphatic hydroxyl groups is 1. The molecule has 0 bridgehead atoms. The molecule has 0 aromatic heterocycles. The van der Waals surface area contributed by atoms with Gasteiger partial charge in [0.25, 0.3) is 0 Å². The first kappa shape index (κ1) is 14.3. The van der Waals surface area contributed by atoms with Gasteiger partial charge in [0.2, 0.25) is 0 Å². The van der Waals surface area contributed by atoms with Crippen molar-refractivity contribution >= 4 is 11.5 Å². The maximum atomic E-state index is 9.15. The van der Waals surface area contributed by atoms with Crippen LogP contribution in [0.5, 0.6) is 0 Å². The fourth-order valence-electron chi connectivity index (χ4n) is 1.91. The smallest absolute Gasteiger partial charge is 0.172 e. The van der Waals surface area contributed by atoms with Crippen LogP contribution in [0.15, 0.2) is 23.4 Å². The molecular weight excluding hydrogens is 230 g/mol. The van der Waals surface area contributed by atoms with E-state index in [1.807, 2.05) is 43.9 Å². The number of anilines is 1. The second kappa shape index (κ2) is 6.26. The minimum Gasteiger partial charge on any atom is -0.409 e. The Bertz CT molecular complexity index is 430. The Morgan fingerprint density at radius 3 is 2.61 bits per heavy atom. The van der Waals surface area contributed by atoms with Gasteiger partial charge in [-0.25, -0.2) is 0 Å². The molecule has 0 saturated carbocycles. The number of benzene rings is 1. The summed E-state index contributed by atoms with van der Waals surface area (Å²) in [7, 11) is 0. The third-order valence-corrected chi connectivity index (χ3v) is 2.81. The molecular formula is C13H21N3O2. The van der Waals surface area contributed by atoms with Crippen molar-refractivity contribution in [2.75, 3.05) is 18.1 Å². The van der Waals surface area contributed by atoms with E-state index in [0.29, 0.717) is 12.1 Å². The summed E-state index contributed by atoms with van der Waals surface area (Å²) < 4.78 is 0. The molecule has 1 aromatic carbocycles. The van der Waals surface area contributed by atoms with Crippen molar-refractivity contribution in [3.05, 3.63) is 29.3 Å². The molecule has 0 atom stereocenters. The van der Waals surface area contributed by atoms with Crippen LogP contribution < -0.4 is 10.6 Å². The van der Waals surface area contributed by atoms with Gasteiger partial charge in [0.15, 0.2) is 5.84 Å². The molecule has 0 unspecified atom stereocenters. The van der Waals surface area contributed by atoms with Crippen LogP contribution in [0.25, 0.3) is 0 Å². The first-order valence-corrected chi connectivity index (χ1v) is 5.97. The lowest BCUT2D eigenvalue weighted by Gasteiger charge is -2.30. The average Bonchev–Trinajstić information content (AvgIpc) is 2.34. The molecule has 0 aliphatic rings. The summed E-state index contributed by atoms with van der Waals surface area (Å²) in [6.07, 6.45) is 0. The van der Waals surface area contributed by atoms with E-state index in [4.69, 9.17) is 16.0 Å². The van der Waals surface area contributed by atoms with E-state index in [0.717, 1.165) is 11.3 Å². The molecule has 100 valence electrons. The van der Waals surface area contributed by atoms with Gasteiger partial charge >= 0.3 is 0 Å². The molecule has 0 heterocycles. The van der Waals surface area contributed by atoms with E-state index < -0.39 is 0 Å². The zero-order valence-corrected chi connectivity index (χ0v) is 11.1. The van der Waals surface area contributed by atoms with Crippen molar-refractivity contribution in [1.82, 2.24) is 0 Å². The minimum atomic E-state index is 0.0573. The Morgan fingerprint density at radius 2 is 2.11 bits per heavy atom. The molecule has 0 spiro atoms. The van der Waals surface area contributed by atoms with Crippen LogP contribution in [-0.4, -0.2) is 35.3 Å². The first-order valence-electron chi connectivity index (χ1n) is 5.97. The Hall–Kier alpha value is -1.75. The standard InChI is InChI=1S/C13H21N3O2/c1-9(2)16(6-7-17)12-8-10(3)4-5-11(12)13(14)15-18/h4-5,8-9,17-18H,6-7H2,1-3H3,(H2,14,15). The lowest BCUT2D eigenvalue weighted by Crippen LogP contribution is -2.35. The number of oxime groups is 1. The minimum absolute atomic E-state index is 0.0573. The molecule has 0 fully saturated rings. The Balaban J connectivity index is 3.30. The number of nitrogens with two attached hydrogens (primary N) is 1. The fraction of sp³-hybridized carbons (Fsp3) is 0.462. The second-order valence-electron chi connectivity index (χ2n) is 4.52. The van der Waals surface area contributed by atoms with Crippen molar-refractivity contribution in [2.24, 2.45) is 10.9 Å². The van der Waals surface area contributed by atoms with Gasteiger partial charge in [-0.2, -0.15) is 0 Å². The van der Waals surface area contributed by atoms with Crippen LogP contribution >= 0.6 is 0 Å². The van der Waals surface area contributed by atoms with Crippen molar-refractivity contribution in [3.8, 4) is 0 Å². The maximum absolute atomic E-state index is 9.15. The Morgan fingerprint density at radius 1 is 1.44 bits per heavy atom. The van der Waals surface area contributed by atoms with Crippen LogP contribution in [0, 0.1) is 6.92 Å². The van der Waals surface area contributed by atoms with Crippen LogP contribution in [0.3, 0.4) is 0 Å². The van der Waals surface area contributed by atoms with Gasteiger partial charge < -0.3 is 20.9 Å². The topological polar surface area (TPSA) is 82.1 Å². The molecule has 0 aliphatic carbocycles. The highest BCUT2D eigenvalue weighted by Gasteiger charge is 2.16. The summed E-state index contributed by atoms with van der Waals surface area (Å²) in [6.45, 7) is 6.62. The SMILES string of the molecule is Cc1ccc(C(N)=NO)c(N(CCO)C(C)C)c1. The largest absolute Gasteiger partial charge is 0.409 e. The summed E-state index contributed by atoms with van der Waals surface area (Å²) >= 11 is 0. The summed E-state index contributed by atoms with van der Waals surface area (Å²) in [6, 6.07) is 5.92. The monoisotopic (exact) mass is 251 g/mol. The highest BCUT2D eigenvalue weighted by atomic mass is 16.4. The highest BCUT2D eigenvalue weighted by Crippen LogP contribution is 2.24. The third-order valence-electron chi connectivity index (χ3n) is 2.81. The summed E-state index contributed by atoms with van der Waals surface area (Å²) in [5, 5.41) is 21.0. The normalized spacial score (nSPS) is 11.9. The summed E-state index contributed by atoms with van der Waals surface area (Å²) in [5.41, 5.74) is 8.32. The van der Waals surface area contributed by atoms with Gasteiger partial charge in [-0.3, -0.25) is 0 Å². The zero-order valence-electron chi connectivity index (χ0n) is 11.1. The molecule has 0 aliphatic heterocycles. The van der Waals surface area contributed by atoms with Crippen molar-refractivity contribution in [1.29, 1.82) is 0 Å². The van der Waals surface area contributed by atoms with E-state index in [9.17, 15) is 0 Å². The lowest BCUT2D eigenvalue weighted by molar-refractivity contribution is 0.299. The fourth-order valence-corrected chi connectivity index (χ4v) is 1.91. The van der Waals surface area contributed by atoms with Crippen molar-refractivity contribution < 1.29 is 10.3 Å². The number of aryl methyl sites for hydroxylation is 1. The Labute approximate surface area is 108 Å². The van der Waals surface area contributed by atoms with Gasteiger partial charge in [-0.15, -0.1) is 0 Å². The molecule has 0 saturated heterocycles. The zero-order chi connectivity index (χ0) is 13.7. The van der Waals surface area contributed by atoms with Crippen LogP contribution in [0.2, 0.25) is 0 Å². The molecule has 18 heavy (non-hydrogen) atoms. The molecule has 0 radical (unpaired) electrons. The van der Waals surface area contributed by atoms with E-state index in [2.05, 4.69) is 5.16 Å². The van der Waals surface area contributed by atoms with Gasteiger partial charge in [0.05, 0.1) is 6.61 Å². The molecule has 0 amide bonds. The number of hydrogen-bond donors (Lipinski definition) is 3. The Kier molecular flexibility index (Phi) is 4.97. The molecule has 5 nitrogen and oxygen atoms in total. The molecule has 5 heteroatoms. The van der Waals surface area contributed by atoms with E-state index in [-0.39, 0.29) is 18.5 Å². The second-order valence-corrected chi connectivity index (χ2v) is 4.52. The van der Waals surface area contributed by atoms with Crippen molar-refractivity contribution in [3.63, 3.8) is 0 Å². The van der Waals surface area contributed by atoms with Crippen LogP contribution in [-0.2, 0) is 0 Å². The van der Waals surface area contributed by atoms with E-state index in [1.54, 1.807) is 0 Å². The molecule has 4 N–H and O–H groups in total. The number of aliphatic hydroxyl groups excluding tert-OH is 1. The van der Waals surface area contributed by atoms with Crippen LogP contribution in [0.4, 0.5) is 5.69 Å². The number of hydrogen-bond acceptors (Lipinski definition) is 4. The molecule has 1 aromatic rings. The van der Waals surface area contributed by atoms with E-state index >= 15 is 0 Å². The summed E-state index contributed by atoms with van der Waals surface area (Å²) in [4.78, 5) is 2.03. The quantitative estimate of drug-likeness (QED) is 0.319. The molecule has 1 rings (SSSR count). The van der Waals surface area contributed by atoms with Gasteiger partial charge in [-0.05, 0) is 38.5 Å². The van der Waals surface area contributed by atoms with Crippen molar-refractivity contribution in [2.45, 2.75) is 26.8 Å². The van der Waals surface area contributed by atoms with Crippen LogP contribution in [0.1, 0.15) is 25.0 Å². The summed E-state index contributed by atoms with van der Waals surface area (Å²) in [5.74, 6) is 0.0774. The number of rotatable bonds is 5. The number of amidine groups is 1. The number of nitrogens with zero attached hydrogens (tertiary/aromatic N) is 2. The van der Waals surface area contributed by atoms with Gasteiger partial charge in [-0.1, -0.05) is 11.2 Å². The van der Waals surface area contributed by atoms with Gasteiger partial charge in [0, 0.05) is 23.8 Å². The maximum Gasteiger partial charge on any atom is 0.172 e. The third kappa shape index (κ3) is 3.13. The van der Waals surface area contributed by atoms with E-state index in [1.165, 1.54) is 0 Å².